The molecule has 142 heavy (non-hydrogen) atoms. The van der Waals surface area contributed by atoms with Gasteiger partial charge in [-0.25, -0.2) is 29.9 Å². The predicted molar refractivity (Wildman–Crippen MR) is 585 cm³/mol. The fourth-order valence-corrected chi connectivity index (χ4v) is 21.7. The molecular formula is C115H133N23O4. The van der Waals surface area contributed by atoms with Crippen LogP contribution >= 0.6 is 0 Å². The van der Waals surface area contributed by atoms with Gasteiger partial charge < -0.3 is 96.1 Å². The number of para-hydroxylation sites is 4. The highest BCUT2D eigenvalue weighted by Crippen LogP contribution is 2.58. The van der Waals surface area contributed by atoms with Crippen LogP contribution in [0.5, 0.6) is 0 Å². The van der Waals surface area contributed by atoms with Crippen molar-refractivity contribution >= 4 is 180 Å². The SMILES string of the molecule is Cc1c(N2C=CN(C)[C@H]2C)cc2c(oc3nc(C(C)C)ccc32)c1N1C=CN(C)[C@@H]1C.Cc1c(N2c3ccccc3N(C)[C@H]2C)cc2c(oc3nc(C(C)C)ccc32)c1N1c2ccccc2N(C)[C@@H]1C.[2H]C(C)(C)c1ccc2c(n1)oc1c(N3C=CN(C([2H])([2H])[2H])[C@@H]3C)c(C)c(N3C=CN(C)[C@H]3C)cc12.[2H]C([2H])([2H])C([2H])(C)N1c2cccnc2N(c2cc3c(oc4nc(C)ncc43)c(N3c4ncccc4N(C([2H])(C([2H])([2H])[2H])C([2H])([2H])[2H])[C@@H]3C)c2C)[C@@H]1C. The van der Waals surface area contributed by atoms with Crippen molar-refractivity contribution in [3.8, 4) is 0 Å². The molecule has 8 aliphatic heterocycles. The number of rotatable bonds is 13. The van der Waals surface area contributed by atoms with Crippen LogP contribution in [0, 0.1) is 34.6 Å². The molecule has 8 aliphatic rings. The maximum atomic E-state index is 9.20. The minimum Gasteiger partial charge on any atom is -0.435 e. The molecule has 9 atom stereocenters. The zero-order valence-corrected chi connectivity index (χ0v) is 85.2. The van der Waals surface area contributed by atoms with E-state index in [0.717, 1.165) is 88.1 Å². The van der Waals surface area contributed by atoms with Crippen LogP contribution in [0.15, 0.2) is 219 Å². The number of hydrogen-bond acceptors (Lipinski definition) is 27. The highest BCUT2D eigenvalue weighted by molar-refractivity contribution is 6.16. The summed E-state index contributed by atoms with van der Waals surface area (Å²) in [5.41, 5.74) is 24.4. The third-order valence-corrected chi connectivity index (χ3v) is 30.2. The molecule has 10 aromatic heterocycles. The van der Waals surface area contributed by atoms with Crippen LogP contribution in [0.1, 0.15) is 208 Å². The van der Waals surface area contributed by atoms with Gasteiger partial charge in [0, 0.05) is 234 Å². The van der Waals surface area contributed by atoms with E-state index in [1.807, 2.05) is 55.1 Å². The second-order valence-electron chi connectivity index (χ2n) is 39.4. The van der Waals surface area contributed by atoms with Gasteiger partial charge in [-0.2, -0.15) is 4.98 Å². The van der Waals surface area contributed by atoms with Crippen molar-refractivity contribution in [3.05, 3.63) is 247 Å². The summed E-state index contributed by atoms with van der Waals surface area (Å²) in [6, 6.07) is 39.7. The lowest BCUT2D eigenvalue weighted by atomic mass is 10.0. The number of hydrogen-bond donors (Lipinski definition) is 0. The number of anilines is 16. The average molecular weight is 1920 g/mol. The Kier molecular flexibility index (Phi) is 19.2. The van der Waals surface area contributed by atoms with Crippen molar-refractivity contribution in [3.63, 3.8) is 0 Å². The Morgan fingerprint density at radius 2 is 0.669 bits per heavy atom. The second kappa shape index (κ2) is 35.4. The fourth-order valence-electron chi connectivity index (χ4n) is 21.7. The topological polar surface area (TPSA) is 195 Å². The monoisotopic (exact) mass is 1920 g/mol. The van der Waals surface area contributed by atoms with Gasteiger partial charge in [0.25, 0.3) is 0 Å². The first-order valence-electron chi connectivity index (χ1n) is 56.3. The van der Waals surface area contributed by atoms with Crippen LogP contribution in [0.25, 0.3) is 88.3 Å². The second-order valence-corrected chi connectivity index (χ2v) is 39.4. The van der Waals surface area contributed by atoms with Gasteiger partial charge >= 0.3 is 0 Å². The van der Waals surface area contributed by atoms with Crippen LogP contribution in [0.2, 0.25) is 0 Å². The van der Waals surface area contributed by atoms with E-state index in [4.69, 9.17) is 46.8 Å². The first kappa shape index (κ1) is 76.9. The molecule has 0 spiro atoms. The molecule has 0 saturated heterocycles. The summed E-state index contributed by atoms with van der Waals surface area (Å²) in [5.74, 6) is 0.875. The van der Waals surface area contributed by atoms with Crippen LogP contribution < -0.4 is 58.8 Å². The van der Waals surface area contributed by atoms with Crippen molar-refractivity contribution < 1.29 is 38.2 Å². The number of aromatic nitrogens is 7. The van der Waals surface area contributed by atoms with Crippen molar-refractivity contribution in [2.24, 2.45) is 0 Å². The Balaban J connectivity index is 0.000000123. The number of furan rings is 4. The number of benzene rings is 6. The molecule has 0 N–H and O–H groups in total. The number of pyridine rings is 5. The lowest BCUT2D eigenvalue weighted by molar-refractivity contribution is 0.381. The van der Waals surface area contributed by atoms with Gasteiger partial charge in [-0.3, -0.25) is 0 Å². The summed E-state index contributed by atoms with van der Waals surface area (Å²) in [4.78, 5) is 65.1. The molecule has 27 nitrogen and oxygen atoms in total. The summed E-state index contributed by atoms with van der Waals surface area (Å²) in [6.07, 6.45) is 19.3. The minimum atomic E-state index is -3.29. The first-order chi connectivity index (χ1) is 73.9. The Bertz CT molecular complexity index is 8500. The van der Waals surface area contributed by atoms with E-state index < -0.39 is 64.0 Å². The summed E-state index contributed by atoms with van der Waals surface area (Å²) in [5, 5.41) is 7.19. The maximum Gasteiger partial charge on any atom is 0.230 e. The van der Waals surface area contributed by atoms with Gasteiger partial charge in [-0.05, 0) is 244 Å². The van der Waals surface area contributed by atoms with Crippen molar-refractivity contribution in [2.45, 2.75) is 238 Å². The van der Waals surface area contributed by atoms with E-state index >= 15 is 0 Å². The molecule has 0 bridgehead atoms. The zero-order chi connectivity index (χ0) is 113. The van der Waals surface area contributed by atoms with E-state index in [9.17, 15) is 1.37 Å². The lowest BCUT2D eigenvalue weighted by Crippen LogP contribution is -2.43. The van der Waals surface area contributed by atoms with Gasteiger partial charge in [0.15, 0.2) is 34.0 Å². The fraction of sp³-hybridized carbons (Fsp3) is 0.365. The van der Waals surface area contributed by atoms with Crippen molar-refractivity contribution in [2.75, 3.05) is 101 Å². The first-order valence-corrected chi connectivity index (χ1v) is 48.8. The van der Waals surface area contributed by atoms with Crippen LogP contribution in [-0.4, -0.2) is 158 Å². The minimum absolute atomic E-state index is 0.122. The Morgan fingerprint density at radius 1 is 0.310 bits per heavy atom. The van der Waals surface area contributed by atoms with Gasteiger partial charge in [0.05, 0.1) is 70.7 Å². The molecule has 732 valence electrons. The van der Waals surface area contributed by atoms with E-state index in [0.29, 0.717) is 90.9 Å². The number of fused-ring (bicyclic) bond motifs is 16. The molecule has 0 radical (unpaired) electrons. The van der Waals surface area contributed by atoms with E-state index in [-0.39, 0.29) is 48.0 Å². The van der Waals surface area contributed by atoms with Crippen LogP contribution in [0.4, 0.5) is 91.3 Å². The molecule has 27 heteroatoms. The third kappa shape index (κ3) is 14.8. The van der Waals surface area contributed by atoms with E-state index in [1.54, 1.807) is 89.4 Å². The van der Waals surface area contributed by atoms with Gasteiger partial charge in [0.2, 0.25) is 22.9 Å². The van der Waals surface area contributed by atoms with Gasteiger partial charge in [0.1, 0.15) is 55.2 Å². The lowest BCUT2D eigenvalue weighted by Gasteiger charge is -2.35. The summed E-state index contributed by atoms with van der Waals surface area (Å²) < 4.78 is 151. The molecule has 6 aromatic carbocycles. The molecule has 0 amide bonds. The Hall–Kier alpha value is -14.9. The normalized spacial score (nSPS) is 22.2. The maximum absolute atomic E-state index is 9.20. The standard InChI is InChI=1S/C33H35N5O.C32H36N8O.2C25H31N5O/c1-19(2)25-17-16-23-24-18-30(37-21(4)35(6)26-12-8-10-14-28(26)37)20(3)31(32(24)39-33(23)34-25)38-22(5)36(7)27-13-9-11-15-29(27)38;1-17(2)37-21(7)39(30-25(37)11-9-13-33-30)27-15-23-24-16-35-20(6)36-32(24)41-29(23)28(19(27)5)40-22(8)38(18(3)4)26-12-10-14-34-31(26)40;2*1-15(2)21-9-8-19-20-14-22(29-12-10-27(6)17(29)4)16(3)23(24(20)31-25(19)26-21)30-13-11-28(7)18(30)5/h8-19,21-22H,1-7H3;9-18,21-22H,1-8H3;2*8-15,17-18H,1-7H3/t2*21-,22+;2*17-,18+/m1111/s1/i;1D3,3D3,4D3,17D,18D;7D3,15D;/t;17?,21-,22+;m;. The zero-order valence-electron chi connectivity index (χ0n) is 100. The third-order valence-electron chi connectivity index (χ3n) is 30.2. The van der Waals surface area contributed by atoms with Crippen LogP contribution in [-0.2, 0) is 0 Å². The molecule has 0 aliphatic carbocycles. The van der Waals surface area contributed by atoms with Crippen LogP contribution in [0.3, 0.4) is 0 Å². The number of nitrogens with zero attached hydrogens (tertiary/aromatic N) is 23. The molecule has 18 heterocycles. The molecule has 24 rings (SSSR count). The molecule has 1 unspecified atom stereocenters. The molecule has 0 fully saturated rings. The smallest absolute Gasteiger partial charge is 0.230 e. The van der Waals surface area contributed by atoms with Gasteiger partial charge in [-0.15, -0.1) is 0 Å². The van der Waals surface area contributed by atoms with Crippen molar-refractivity contribution in [1.29, 1.82) is 0 Å². The Labute approximate surface area is 854 Å². The molecule has 0 saturated carbocycles. The average Bonchev–Trinajstić information content (AvgIpc) is 1.53. The highest BCUT2D eigenvalue weighted by atomic mass is 16.4. The largest absolute Gasteiger partial charge is 0.435 e. The van der Waals surface area contributed by atoms with Crippen molar-refractivity contribution in [1.82, 2.24) is 54.5 Å². The predicted octanol–water partition coefficient (Wildman–Crippen LogP) is 26.6. The molecular weight excluding hydrogens is 1770 g/mol. The van der Waals surface area contributed by atoms with E-state index in [2.05, 4.69) is 300 Å². The quantitative estimate of drug-likeness (QED) is 0.106. The van der Waals surface area contributed by atoms with E-state index in [1.165, 1.54) is 74.2 Å². The highest BCUT2D eigenvalue weighted by Gasteiger charge is 2.45. The summed E-state index contributed by atoms with van der Waals surface area (Å²) in [7, 11) is 10.6. The molecule has 16 aromatic rings. The summed E-state index contributed by atoms with van der Waals surface area (Å²) in [6.45, 7) is 28.4. The Morgan fingerprint density at radius 3 is 1.11 bits per heavy atom. The van der Waals surface area contributed by atoms with Gasteiger partial charge in [-0.1, -0.05) is 65.8 Å². The number of aryl methyl sites for hydroxylation is 1. The summed E-state index contributed by atoms with van der Waals surface area (Å²) >= 11 is 0.